The van der Waals surface area contributed by atoms with Crippen molar-refractivity contribution in [1.29, 1.82) is 0 Å². The molecule has 1 atom stereocenters. The van der Waals surface area contributed by atoms with Crippen LogP contribution in [-0.4, -0.2) is 19.1 Å². The number of benzene rings is 1. The molecule has 1 aliphatic heterocycles. The van der Waals surface area contributed by atoms with Crippen molar-refractivity contribution in [3.05, 3.63) is 35.1 Å². The zero-order valence-electron chi connectivity index (χ0n) is 8.10. The minimum absolute atomic E-state index is 0.114. The van der Waals surface area contributed by atoms with E-state index in [0.29, 0.717) is 0 Å². The van der Waals surface area contributed by atoms with Gasteiger partial charge in [0.1, 0.15) is 12.7 Å². The summed E-state index contributed by atoms with van der Waals surface area (Å²) in [5.41, 5.74) is 0.163. The predicted octanol–water partition coefficient (Wildman–Crippen LogP) is 1.29. The fraction of sp³-hybridized carbons (Fsp3) is 0.300. The van der Waals surface area contributed by atoms with Gasteiger partial charge in [-0.05, 0) is 17.7 Å². The van der Waals surface area contributed by atoms with Gasteiger partial charge in [0.25, 0.3) is 0 Å². The first-order valence-electron chi connectivity index (χ1n) is 4.60. The first kappa shape index (κ1) is 10.9. The van der Waals surface area contributed by atoms with Gasteiger partial charge in [0.2, 0.25) is 5.91 Å². The zero-order chi connectivity index (χ0) is 11.7. The standard InChI is InChI=1S/C10H8F3NO2/c11-6-1-5(2-7(12)10(6)13)8-3-14-9(15)4-16-8/h1-2,8H,3-4H2,(H,14,15)/t8-/m1/s1. The van der Waals surface area contributed by atoms with Crippen molar-refractivity contribution in [3.8, 4) is 0 Å². The number of hydrogen-bond donors (Lipinski definition) is 1. The summed E-state index contributed by atoms with van der Waals surface area (Å²) in [5.74, 6) is -4.34. The van der Waals surface area contributed by atoms with Gasteiger partial charge in [0, 0.05) is 6.54 Å². The van der Waals surface area contributed by atoms with E-state index in [9.17, 15) is 18.0 Å². The van der Waals surface area contributed by atoms with Gasteiger partial charge in [0.15, 0.2) is 17.5 Å². The molecule has 0 spiro atoms. The van der Waals surface area contributed by atoms with Crippen LogP contribution in [0.25, 0.3) is 0 Å². The Labute approximate surface area is 89.2 Å². The predicted molar refractivity (Wildman–Crippen MR) is 48.0 cm³/mol. The summed E-state index contributed by atoms with van der Waals surface area (Å²) in [6.45, 7) is -0.0609. The number of carbonyl (C=O) groups is 1. The Hall–Kier alpha value is -1.56. The highest BCUT2D eigenvalue weighted by atomic mass is 19.2. The molecule has 16 heavy (non-hydrogen) atoms. The molecule has 0 saturated carbocycles. The first-order valence-corrected chi connectivity index (χ1v) is 4.60. The monoisotopic (exact) mass is 231 g/mol. The molecule has 1 saturated heterocycles. The fourth-order valence-electron chi connectivity index (χ4n) is 1.47. The van der Waals surface area contributed by atoms with E-state index in [1.807, 2.05) is 0 Å². The van der Waals surface area contributed by atoms with E-state index >= 15 is 0 Å². The first-order chi connectivity index (χ1) is 7.58. The number of morpholine rings is 1. The van der Waals surface area contributed by atoms with Gasteiger partial charge in [-0.25, -0.2) is 13.2 Å². The van der Waals surface area contributed by atoms with Crippen molar-refractivity contribution in [2.75, 3.05) is 13.2 Å². The van der Waals surface area contributed by atoms with Crippen LogP contribution in [0.15, 0.2) is 12.1 Å². The van der Waals surface area contributed by atoms with E-state index < -0.39 is 23.6 Å². The van der Waals surface area contributed by atoms with E-state index in [1.165, 1.54) is 0 Å². The lowest BCUT2D eigenvalue weighted by atomic mass is 10.1. The molecule has 1 heterocycles. The van der Waals surface area contributed by atoms with E-state index in [0.717, 1.165) is 12.1 Å². The number of nitrogens with one attached hydrogen (secondary N) is 1. The summed E-state index contributed by atoms with van der Waals surface area (Å²) in [4.78, 5) is 10.8. The summed E-state index contributed by atoms with van der Waals surface area (Å²) in [6.07, 6.45) is -0.651. The average Bonchev–Trinajstić information content (AvgIpc) is 2.26. The lowest BCUT2D eigenvalue weighted by Gasteiger charge is -2.23. The van der Waals surface area contributed by atoms with E-state index in [-0.39, 0.29) is 24.6 Å². The molecule has 1 aromatic rings. The summed E-state index contributed by atoms with van der Waals surface area (Å²) in [6, 6.07) is 1.72. The van der Waals surface area contributed by atoms with Crippen LogP contribution >= 0.6 is 0 Å². The highest BCUT2D eigenvalue weighted by molar-refractivity contribution is 5.77. The normalized spacial score (nSPS) is 20.7. The van der Waals surface area contributed by atoms with Gasteiger partial charge < -0.3 is 10.1 Å². The maximum atomic E-state index is 12.9. The second-order valence-corrected chi connectivity index (χ2v) is 3.40. The van der Waals surface area contributed by atoms with Crippen LogP contribution in [0.3, 0.4) is 0 Å². The molecule has 1 fully saturated rings. The lowest BCUT2D eigenvalue weighted by molar-refractivity contribution is -0.133. The summed E-state index contributed by atoms with van der Waals surface area (Å²) < 4.78 is 43.6. The molecule has 86 valence electrons. The second-order valence-electron chi connectivity index (χ2n) is 3.40. The lowest BCUT2D eigenvalue weighted by Crippen LogP contribution is -2.38. The number of amides is 1. The smallest absolute Gasteiger partial charge is 0.246 e. The van der Waals surface area contributed by atoms with Crippen LogP contribution in [0.4, 0.5) is 13.2 Å². The van der Waals surface area contributed by atoms with Crippen LogP contribution in [0, 0.1) is 17.5 Å². The number of ether oxygens (including phenoxy) is 1. The third-order valence-electron chi connectivity index (χ3n) is 2.28. The Balaban J connectivity index is 2.24. The Morgan fingerprint density at radius 2 is 1.88 bits per heavy atom. The zero-order valence-corrected chi connectivity index (χ0v) is 8.10. The number of halogens is 3. The highest BCUT2D eigenvalue weighted by Gasteiger charge is 2.22. The Kier molecular flexibility index (Phi) is 2.82. The number of hydrogen-bond acceptors (Lipinski definition) is 2. The maximum Gasteiger partial charge on any atom is 0.246 e. The van der Waals surface area contributed by atoms with Crippen molar-refractivity contribution >= 4 is 5.91 Å². The van der Waals surface area contributed by atoms with Crippen molar-refractivity contribution in [1.82, 2.24) is 5.32 Å². The van der Waals surface area contributed by atoms with Gasteiger partial charge in [-0.15, -0.1) is 0 Å². The van der Waals surface area contributed by atoms with Gasteiger partial charge in [0.05, 0.1) is 0 Å². The molecule has 0 radical (unpaired) electrons. The van der Waals surface area contributed by atoms with Crippen LogP contribution < -0.4 is 5.32 Å². The molecule has 1 aliphatic rings. The Morgan fingerprint density at radius 3 is 2.38 bits per heavy atom. The molecule has 0 aliphatic carbocycles. The largest absolute Gasteiger partial charge is 0.362 e. The third kappa shape index (κ3) is 2.01. The van der Waals surface area contributed by atoms with Gasteiger partial charge >= 0.3 is 0 Å². The fourth-order valence-corrected chi connectivity index (χ4v) is 1.47. The van der Waals surface area contributed by atoms with Gasteiger partial charge in [-0.3, -0.25) is 4.79 Å². The minimum Gasteiger partial charge on any atom is -0.362 e. The molecular weight excluding hydrogens is 223 g/mol. The van der Waals surface area contributed by atoms with Crippen LogP contribution in [-0.2, 0) is 9.53 Å². The average molecular weight is 231 g/mol. The van der Waals surface area contributed by atoms with Crippen LogP contribution in [0.5, 0.6) is 0 Å². The molecule has 2 rings (SSSR count). The second kappa shape index (κ2) is 4.13. The van der Waals surface area contributed by atoms with E-state index in [4.69, 9.17) is 4.74 Å². The van der Waals surface area contributed by atoms with E-state index in [2.05, 4.69) is 5.32 Å². The van der Waals surface area contributed by atoms with Crippen molar-refractivity contribution < 1.29 is 22.7 Å². The minimum atomic E-state index is -1.51. The molecule has 0 unspecified atom stereocenters. The summed E-state index contributed by atoms with van der Waals surface area (Å²) >= 11 is 0. The van der Waals surface area contributed by atoms with Gasteiger partial charge in [-0.2, -0.15) is 0 Å². The third-order valence-corrected chi connectivity index (χ3v) is 2.28. The quantitative estimate of drug-likeness (QED) is 0.739. The van der Waals surface area contributed by atoms with Crippen molar-refractivity contribution in [2.45, 2.75) is 6.10 Å². The van der Waals surface area contributed by atoms with E-state index in [1.54, 1.807) is 0 Å². The molecule has 0 aromatic heterocycles. The number of carbonyl (C=O) groups excluding carboxylic acids is 1. The molecular formula is C10H8F3NO2. The maximum absolute atomic E-state index is 12.9. The topological polar surface area (TPSA) is 38.3 Å². The molecule has 0 bridgehead atoms. The molecule has 3 nitrogen and oxygen atoms in total. The SMILES string of the molecule is O=C1CO[C@@H](c2cc(F)c(F)c(F)c2)CN1. The Morgan fingerprint density at radius 1 is 1.25 bits per heavy atom. The molecule has 6 heteroatoms. The molecule has 1 N–H and O–H groups in total. The van der Waals surface area contributed by atoms with Crippen molar-refractivity contribution in [3.63, 3.8) is 0 Å². The van der Waals surface area contributed by atoms with Gasteiger partial charge in [-0.1, -0.05) is 0 Å². The van der Waals surface area contributed by atoms with Crippen LogP contribution in [0.1, 0.15) is 11.7 Å². The number of rotatable bonds is 1. The van der Waals surface area contributed by atoms with Crippen molar-refractivity contribution in [2.24, 2.45) is 0 Å². The molecule has 1 amide bonds. The summed E-state index contributed by atoms with van der Waals surface area (Å²) in [7, 11) is 0. The molecule has 1 aromatic carbocycles. The summed E-state index contributed by atoms with van der Waals surface area (Å²) in [5, 5.41) is 2.48. The Bertz CT molecular complexity index is 403. The van der Waals surface area contributed by atoms with Crippen LogP contribution in [0.2, 0.25) is 0 Å². The highest BCUT2D eigenvalue weighted by Crippen LogP contribution is 2.22.